The first-order chi connectivity index (χ1) is 11.9. The number of sulfonamides is 1. The minimum absolute atomic E-state index is 0.0669. The molecule has 0 aliphatic heterocycles. The average Bonchev–Trinajstić information content (AvgIpc) is 2.61. The van der Waals surface area contributed by atoms with Gasteiger partial charge in [-0.05, 0) is 45.7 Å². The van der Waals surface area contributed by atoms with Crippen molar-refractivity contribution in [2.45, 2.75) is 63.8 Å². The maximum absolute atomic E-state index is 13.2. The Labute approximate surface area is 152 Å². The number of aryl methyl sites for hydroxylation is 1. The van der Waals surface area contributed by atoms with Gasteiger partial charge in [-0.1, -0.05) is 37.0 Å². The third-order valence-corrected chi connectivity index (χ3v) is 6.93. The van der Waals surface area contributed by atoms with Crippen LogP contribution in [0.15, 0.2) is 29.2 Å². The molecule has 0 aromatic heterocycles. The SMILES string of the molecule is CCN(CC)C(=O)CN(C1CCCCC1)S(=O)(=O)c1ccc(C)cc1. The van der Waals surface area contributed by atoms with Gasteiger partial charge in [0.25, 0.3) is 0 Å². The van der Waals surface area contributed by atoms with Crippen molar-refractivity contribution in [2.24, 2.45) is 0 Å². The predicted octanol–water partition coefficient (Wildman–Crippen LogP) is 3.19. The number of likely N-dealkylation sites (N-methyl/N-ethyl adjacent to an activating group) is 1. The molecule has 1 aliphatic carbocycles. The summed E-state index contributed by atoms with van der Waals surface area (Å²) in [6.45, 7) is 6.89. The Bertz CT molecular complexity index is 660. The van der Waals surface area contributed by atoms with Crippen molar-refractivity contribution in [3.63, 3.8) is 0 Å². The van der Waals surface area contributed by atoms with Crippen molar-refractivity contribution in [2.75, 3.05) is 19.6 Å². The summed E-state index contributed by atoms with van der Waals surface area (Å²) in [6.07, 6.45) is 4.83. The molecule has 25 heavy (non-hydrogen) atoms. The minimum atomic E-state index is -3.68. The van der Waals surface area contributed by atoms with Crippen LogP contribution in [0.3, 0.4) is 0 Å². The van der Waals surface area contributed by atoms with Gasteiger partial charge in [0.1, 0.15) is 0 Å². The third-order valence-electron chi connectivity index (χ3n) is 5.02. The lowest BCUT2D eigenvalue weighted by atomic mass is 9.95. The molecule has 0 atom stereocenters. The largest absolute Gasteiger partial charge is 0.342 e. The molecule has 0 N–H and O–H groups in total. The fourth-order valence-corrected chi connectivity index (χ4v) is 5.07. The highest BCUT2D eigenvalue weighted by Crippen LogP contribution is 2.28. The Hall–Kier alpha value is -1.40. The second-order valence-corrected chi connectivity index (χ2v) is 8.61. The van der Waals surface area contributed by atoms with E-state index < -0.39 is 10.0 Å². The van der Waals surface area contributed by atoms with Crippen LogP contribution in [0.25, 0.3) is 0 Å². The number of hydrogen-bond donors (Lipinski definition) is 0. The Morgan fingerprint density at radius 2 is 1.60 bits per heavy atom. The summed E-state index contributed by atoms with van der Waals surface area (Å²) >= 11 is 0. The van der Waals surface area contributed by atoms with Crippen LogP contribution in [0, 0.1) is 6.92 Å². The standard InChI is InChI=1S/C19H30N2O3S/c1-4-20(5-2)19(22)15-21(17-9-7-6-8-10-17)25(23,24)18-13-11-16(3)12-14-18/h11-14,17H,4-10,15H2,1-3H3. The molecule has 5 nitrogen and oxygen atoms in total. The number of benzene rings is 1. The summed E-state index contributed by atoms with van der Waals surface area (Å²) in [6, 6.07) is 6.81. The molecule has 0 unspecified atom stereocenters. The molecule has 0 spiro atoms. The molecule has 1 aromatic rings. The summed E-state index contributed by atoms with van der Waals surface area (Å²) in [5, 5.41) is 0. The molecule has 1 fully saturated rings. The van der Waals surface area contributed by atoms with Crippen molar-refractivity contribution in [3.05, 3.63) is 29.8 Å². The van der Waals surface area contributed by atoms with Crippen molar-refractivity contribution in [1.29, 1.82) is 0 Å². The highest BCUT2D eigenvalue weighted by Gasteiger charge is 2.34. The van der Waals surface area contributed by atoms with E-state index in [9.17, 15) is 13.2 Å². The Kier molecular flexibility index (Phi) is 7.02. The van der Waals surface area contributed by atoms with Gasteiger partial charge in [0.15, 0.2) is 0 Å². The van der Waals surface area contributed by atoms with Crippen LogP contribution < -0.4 is 0 Å². The summed E-state index contributed by atoms with van der Waals surface area (Å²) in [5.74, 6) is -0.119. The molecule has 0 bridgehead atoms. The zero-order valence-electron chi connectivity index (χ0n) is 15.6. The normalized spacial score (nSPS) is 16.2. The monoisotopic (exact) mass is 366 g/mol. The van der Waals surface area contributed by atoms with Gasteiger partial charge >= 0.3 is 0 Å². The van der Waals surface area contributed by atoms with E-state index in [1.165, 1.54) is 4.31 Å². The summed E-state index contributed by atoms with van der Waals surface area (Å²) in [7, 11) is -3.68. The Morgan fingerprint density at radius 3 is 2.12 bits per heavy atom. The lowest BCUT2D eigenvalue weighted by Crippen LogP contribution is -2.48. The zero-order valence-corrected chi connectivity index (χ0v) is 16.4. The van der Waals surface area contributed by atoms with E-state index in [0.717, 1.165) is 37.7 Å². The van der Waals surface area contributed by atoms with E-state index >= 15 is 0 Å². The van der Waals surface area contributed by atoms with Gasteiger partial charge in [-0.15, -0.1) is 0 Å². The highest BCUT2D eigenvalue weighted by atomic mass is 32.2. The molecule has 140 valence electrons. The molecule has 6 heteroatoms. The van der Waals surface area contributed by atoms with Crippen LogP contribution in [0.4, 0.5) is 0 Å². The molecule has 1 aliphatic rings. The zero-order chi connectivity index (χ0) is 18.4. The number of carbonyl (C=O) groups excluding carboxylic acids is 1. The number of rotatable bonds is 7. The lowest BCUT2D eigenvalue weighted by Gasteiger charge is -2.34. The second-order valence-electron chi connectivity index (χ2n) is 6.72. The Balaban J connectivity index is 2.32. The maximum Gasteiger partial charge on any atom is 0.243 e. The van der Waals surface area contributed by atoms with Gasteiger partial charge in [-0.2, -0.15) is 4.31 Å². The molecule has 0 saturated heterocycles. The molecule has 1 saturated carbocycles. The molecular weight excluding hydrogens is 336 g/mol. The van der Waals surface area contributed by atoms with E-state index in [0.29, 0.717) is 13.1 Å². The van der Waals surface area contributed by atoms with Crippen LogP contribution in [-0.2, 0) is 14.8 Å². The van der Waals surface area contributed by atoms with Crippen LogP contribution in [0.2, 0.25) is 0 Å². The van der Waals surface area contributed by atoms with E-state index in [4.69, 9.17) is 0 Å². The molecule has 1 amide bonds. The topological polar surface area (TPSA) is 57.7 Å². The summed E-state index contributed by atoms with van der Waals surface area (Å²) in [4.78, 5) is 14.6. The van der Waals surface area contributed by atoms with Crippen LogP contribution in [0.1, 0.15) is 51.5 Å². The Morgan fingerprint density at radius 1 is 1.04 bits per heavy atom. The summed E-state index contributed by atoms with van der Waals surface area (Å²) in [5.41, 5.74) is 1.02. The minimum Gasteiger partial charge on any atom is -0.342 e. The fourth-order valence-electron chi connectivity index (χ4n) is 3.43. The van der Waals surface area contributed by atoms with Gasteiger partial charge in [0.2, 0.25) is 15.9 Å². The first kappa shape index (κ1) is 19.9. The molecule has 0 radical (unpaired) electrons. The van der Waals surface area contributed by atoms with Gasteiger partial charge in [0, 0.05) is 19.1 Å². The van der Waals surface area contributed by atoms with Crippen LogP contribution >= 0.6 is 0 Å². The van der Waals surface area contributed by atoms with Gasteiger partial charge in [-0.3, -0.25) is 4.79 Å². The van der Waals surface area contributed by atoms with E-state index in [1.54, 1.807) is 29.2 Å². The van der Waals surface area contributed by atoms with Crippen molar-refractivity contribution < 1.29 is 13.2 Å². The molecule has 0 heterocycles. The van der Waals surface area contributed by atoms with E-state index in [-0.39, 0.29) is 23.4 Å². The van der Waals surface area contributed by atoms with E-state index in [1.807, 2.05) is 20.8 Å². The van der Waals surface area contributed by atoms with Gasteiger partial charge in [0.05, 0.1) is 11.4 Å². The molecule has 2 rings (SSSR count). The van der Waals surface area contributed by atoms with Crippen molar-refractivity contribution in [3.8, 4) is 0 Å². The first-order valence-corrected chi connectivity index (χ1v) is 10.7. The van der Waals surface area contributed by atoms with E-state index in [2.05, 4.69) is 0 Å². The first-order valence-electron chi connectivity index (χ1n) is 9.26. The number of carbonyl (C=O) groups is 1. The van der Waals surface area contributed by atoms with Crippen LogP contribution in [0.5, 0.6) is 0 Å². The smallest absolute Gasteiger partial charge is 0.243 e. The number of hydrogen-bond acceptors (Lipinski definition) is 3. The summed E-state index contributed by atoms with van der Waals surface area (Å²) < 4.78 is 27.9. The fraction of sp³-hybridized carbons (Fsp3) is 0.632. The predicted molar refractivity (Wildman–Crippen MR) is 99.9 cm³/mol. The molecule has 1 aromatic carbocycles. The quantitative estimate of drug-likeness (QED) is 0.745. The van der Waals surface area contributed by atoms with Crippen molar-refractivity contribution in [1.82, 2.24) is 9.21 Å². The van der Waals surface area contributed by atoms with Gasteiger partial charge < -0.3 is 4.90 Å². The average molecular weight is 367 g/mol. The van der Waals surface area contributed by atoms with Crippen LogP contribution in [-0.4, -0.2) is 49.2 Å². The molecular formula is C19H30N2O3S. The third kappa shape index (κ3) is 4.82. The maximum atomic E-state index is 13.2. The van der Waals surface area contributed by atoms with Crippen molar-refractivity contribution >= 4 is 15.9 Å². The number of amides is 1. The lowest BCUT2D eigenvalue weighted by molar-refractivity contribution is -0.131. The van der Waals surface area contributed by atoms with Gasteiger partial charge in [-0.25, -0.2) is 8.42 Å². The highest BCUT2D eigenvalue weighted by molar-refractivity contribution is 7.89. The number of nitrogens with zero attached hydrogens (tertiary/aromatic N) is 2. The second kappa shape index (κ2) is 8.81.